The number of amides is 1. The predicted molar refractivity (Wildman–Crippen MR) is 100 cm³/mol. The summed E-state index contributed by atoms with van der Waals surface area (Å²) in [6.07, 6.45) is 5.84. The molecular formula is C17H19N5OS2. The van der Waals surface area contributed by atoms with Crippen molar-refractivity contribution in [2.75, 3.05) is 18.0 Å². The second-order valence-corrected chi connectivity index (χ2v) is 8.01. The fraction of sp³-hybridized carbons (Fsp3) is 0.353. The summed E-state index contributed by atoms with van der Waals surface area (Å²) < 4.78 is 1.95. The minimum atomic E-state index is 0.00707. The number of carbonyl (C=O) groups excluding carboxylic acids is 1. The van der Waals surface area contributed by atoms with Crippen LogP contribution in [0.15, 0.2) is 42.0 Å². The lowest BCUT2D eigenvalue weighted by Gasteiger charge is -2.31. The summed E-state index contributed by atoms with van der Waals surface area (Å²) >= 11 is 3.23. The van der Waals surface area contributed by atoms with Crippen LogP contribution >= 0.6 is 22.7 Å². The zero-order valence-electron chi connectivity index (χ0n) is 13.7. The average Bonchev–Trinajstić information content (AvgIpc) is 3.41. The van der Waals surface area contributed by atoms with Crippen molar-refractivity contribution in [1.82, 2.24) is 20.1 Å². The highest BCUT2D eigenvalue weighted by molar-refractivity contribution is 7.17. The van der Waals surface area contributed by atoms with Crippen LogP contribution in [0.25, 0.3) is 5.13 Å². The van der Waals surface area contributed by atoms with Gasteiger partial charge in [-0.3, -0.25) is 9.36 Å². The maximum absolute atomic E-state index is 12.5. The second kappa shape index (κ2) is 7.37. The molecule has 1 fully saturated rings. The highest BCUT2D eigenvalue weighted by Gasteiger charge is 2.27. The largest absolute Gasteiger partial charge is 0.351 e. The van der Waals surface area contributed by atoms with E-state index in [1.54, 1.807) is 22.7 Å². The van der Waals surface area contributed by atoms with Crippen molar-refractivity contribution in [3.05, 3.63) is 46.9 Å². The van der Waals surface area contributed by atoms with E-state index in [0.717, 1.165) is 29.6 Å². The molecule has 0 bridgehead atoms. The van der Waals surface area contributed by atoms with Crippen molar-refractivity contribution in [2.45, 2.75) is 19.4 Å². The fourth-order valence-electron chi connectivity index (χ4n) is 3.00. The number of hydrogen-bond acceptors (Lipinski definition) is 6. The molecule has 1 saturated heterocycles. The van der Waals surface area contributed by atoms with E-state index in [0.29, 0.717) is 13.1 Å². The third-order valence-corrected chi connectivity index (χ3v) is 6.18. The standard InChI is InChI=1S/C17H19N5OS2/c23-15(18-11-14-6-4-10-24-14)13-5-3-9-22(12-13)17-20-19-16(25-17)21-7-1-2-8-21/h1-2,4,6-8,10,13H,3,5,9,11-12H2,(H,18,23)/t13-/m0/s1. The van der Waals surface area contributed by atoms with E-state index in [4.69, 9.17) is 0 Å². The molecule has 0 saturated carbocycles. The zero-order valence-corrected chi connectivity index (χ0v) is 15.3. The summed E-state index contributed by atoms with van der Waals surface area (Å²) in [6.45, 7) is 2.25. The Labute approximate surface area is 154 Å². The Kier molecular flexibility index (Phi) is 4.80. The van der Waals surface area contributed by atoms with E-state index in [1.807, 2.05) is 46.6 Å². The van der Waals surface area contributed by atoms with Crippen molar-refractivity contribution in [3.8, 4) is 5.13 Å². The molecule has 1 atom stereocenters. The second-order valence-electron chi connectivity index (χ2n) is 6.04. The molecule has 0 radical (unpaired) electrons. The Balaban J connectivity index is 1.38. The number of thiophene rings is 1. The minimum absolute atomic E-state index is 0.00707. The summed E-state index contributed by atoms with van der Waals surface area (Å²) in [5.41, 5.74) is 0. The van der Waals surface area contributed by atoms with Crippen molar-refractivity contribution >= 4 is 33.7 Å². The van der Waals surface area contributed by atoms with Gasteiger partial charge >= 0.3 is 0 Å². The Morgan fingerprint density at radius 1 is 1.24 bits per heavy atom. The lowest BCUT2D eigenvalue weighted by atomic mass is 9.97. The lowest BCUT2D eigenvalue weighted by molar-refractivity contribution is -0.125. The summed E-state index contributed by atoms with van der Waals surface area (Å²) in [5, 5.41) is 15.4. The first kappa shape index (κ1) is 16.3. The number of rotatable bonds is 5. The van der Waals surface area contributed by atoms with Gasteiger partial charge in [-0.25, -0.2) is 0 Å². The van der Waals surface area contributed by atoms with E-state index in [1.165, 1.54) is 4.88 Å². The maximum Gasteiger partial charge on any atom is 0.225 e. The summed E-state index contributed by atoms with van der Waals surface area (Å²) in [7, 11) is 0. The maximum atomic E-state index is 12.5. The lowest BCUT2D eigenvalue weighted by Crippen LogP contribution is -2.42. The van der Waals surface area contributed by atoms with Crippen LogP contribution in [0.3, 0.4) is 0 Å². The first-order valence-electron chi connectivity index (χ1n) is 8.31. The third-order valence-electron chi connectivity index (χ3n) is 4.31. The quantitative estimate of drug-likeness (QED) is 0.747. The molecule has 1 N–H and O–H groups in total. The fourth-order valence-corrected chi connectivity index (χ4v) is 4.49. The van der Waals surface area contributed by atoms with Crippen LogP contribution in [0.1, 0.15) is 17.7 Å². The number of carbonyl (C=O) groups is 1. The number of piperidine rings is 1. The molecular weight excluding hydrogens is 354 g/mol. The van der Waals surface area contributed by atoms with Gasteiger partial charge in [0.2, 0.25) is 16.2 Å². The van der Waals surface area contributed by atoms with E-state index >= 15 is 0 Å². The predicted octanol–water partition coefficient (Wildman–Crippen LogP) is 2.92. The van der Waals surface area contributed by atoms with E-state index in [-0.39, 0.29) is 11.8 Å². The zero-order chi connectivity index (χ0) is 17.1. The molecule has 4 rings (SSSR count). The normalized spacial score (nSPS) is 17.6. The molecule has 0 aliphatic carbocycles. The molecule has 6 nitrogen and oxygen atoms in total. The molecule has 3 aromatic rings. The third kappa shape index (κ3) is 3.74. The van der Waals surface area contributed by atoms with Gasteiger partial charge in [-0.2, -0.15) is 0 Å². The van der Waals surface area contributed by atoms with Crippen molar-refractivity contribution < 1.29 is 4.79 Å². The SMILES string of the molecule is O=C(NCc1cccs1)[C@H]1CCCN(c2nnc(-n3cccc3)s2)C1. The highest BCUT2D eigenvalue weighted by atomic mass is 32.1. The number of anilines is 1. The van der Waals surface area contributed by atoms with Gasteiger partial charge in [-0.1, -0.05) is 17.4 Å². The molecule has 25 heavy (non-hydrogen) atoms. The topological polar surface area (TPSA) is 63.1 Å². The monoisotopic (exact) mass is 373 g/mol. The van der Waals surface area contributed by atoms with Gasteiger partial charge < -0.3 is 10.2 Å². The number of hydrogen-bond donors (Lipinski definition) is 1. The van der Waals surface area contributed by atoms with E-state index in [9.17, 15) is 4.79 Å². The van der Waals surface area contributed by atoms with Crippen LogP contribution in [0.2, 0.25) is 0 Å². The smallest absolute Gasteiger partial charge is 0.225 e. The van der Waals surface area contributed by atoms with Crippen LogP contribution in [0.4, 0.5) is 5.13 Å². The molecule has 3 aromatic heterocycles. The van der Waals surface area contributed by atoms with Gasteiger partial charge in [-0.05, 0) is 36.4 Å². The molecule has 1 amide bonds. The number of aromatic nitrogens is 3. The molecule has 1 aliphatic rings. The molecule has 1 aliphatic heterocycles. The molecule has 0 aromatic carbocycles. The molecule has 130 valence electrons. The Morgan fingerprint density at radius 2 is 2.08 bits per heavy atom. The average molecular weight is 374 g/mol. The van der Waals surface area contributed by atoms with Crippen LogP contribution in [-0.2, 0) is 11.3 Å². The Hall–Kier alpha value is -2.19. The Bertz CT molecular complexity index is 812. The molecule has 8 heteroatoms. The van der Waals surface area contributed by atoms with E-state index in [2.05, 4.69) is 20.4 Å². The van der Waals surface area contributed by atoms with Gasteiger partial charge in [0.05, 0.1) is 12.5 Å². The van der Waals surface area contributed by atoms with Crippen molar-refractivity contribution in [3.63, 3.8) is 0 Å². The number of nitrogens with one attached hydrogen (secondary N) is 1. The van der Waals surface area contributed by atoms with Gasteiger partial charge in [0, 0.05) is 30.4 Å². The van der Waals surface area contributed by atoms with Gasteiger partial charge in [0.15, 0.2) is 0 Å². The summed E-state index contributed by atoms with van der Waals surface area (Å²) in [4.78, 5) is 15.9. The van der Waals surface area contributed by atoms with E-state index < -0.39 is 0 Å². The summed E-state index contributed by atoms with van der Waals surface area (Å²) in [5.74, 6) is 0.140. The van der Waals surface area contributed by atoms with Crippen molar-refractivity contribution in [1.29, 1.82) is 0 Å². The highest BCUT2D eigenvalue weighted by Crippen LogP contribution is 2.28. The first-order chi connectivity index (χ1) is 12.3. The molecule has 4 heterocycles. The minimum Gasteiger partial charge on any atom is -0.351 e. The number of nitrogens with zero attached hydrogens (tertiary/aromatic N) is 4. The summed E-state index contributed by atoms with van der Waals surface area (Å²) in [6, 6.07) is 7.99. The van der Waals surface area contributed by atoms with Crippen LogP contribution < -0.4 is 10.2 Å². The van der Waals surface area contributed by atoms with Gasteiger partial charge in [-0.15, -0.1) is 21.5 Å². The van der Waals surface area contributed by atoms with Crippen molar-refractivity contribution in [2.24, 2.45) is 5.92 Å². The molecule has 0 unspecified atom stereocenters. The Morgan fingerprint density at radius 3 is 2.88 bits per heavy atom. The van der Waals surface area contributed by atoms with Crippen LogP contribution in [0.5, 0.6) is 0 Å². The molecule has 0 spiro atoms. The van der Waals surface area contributed by atoms with Crippen LogP contribution in [0, 0.1) is 5.92 Å². The first-order valence-corrected chi connectivity index (χ1v) is 10.0. The van der Waals surface area contributed by atoms with Gasteiger partial charge in [0.25, 0.3) is 0 Å². The van der Waals surface area contributed by atoms with Crippen LogP contribution in [-0.4, -0.2) is 33.8 Å². The van der Waals surface area contributed by atoms with Gasteiger partial charge in [0.1, 0.15) is 0 Å².